The molecule has 0 saturated carbocycles. The summed E-state index contributed by atoms with van der Waals surface area (Å²) in [5.41, 5.74) is 2.47. The molecule has 0 radical (unpaired) electrons. The normalized spacial score (nSPS) is 12.9. The Labute approximate surface area is 98.7 Å². The van der Waals surface area contributed by atoms with Gasteiger partial charge in [0.1, 0.15) is 0 Å². The Kier molecular flexibility index (Phi) is 3.37. The van der Waals surface area contributed by atoms with Crippen LogP contribution in [-0.4, -0.2) is 10.3 Å². The number of aromatic nitrogens is 1. The van der Waals surface area contributed by atoms with Crippen LogP contribution in [0.5, 0.6) is 0 Å². The van der Waals surface area contributed by atoms with E-state index in [9.17, 15) is 0 Å². The van der Waals surface area contributed by atoms with Crippen molar-refractivity contribution in [3.63, 3.8) is 0 Å². The van der Waals surface area contributed by atoms with Gasteiger partial charge in [0.2, 0.25) is 0 Å². The Morgan fingerprint density at radius 1 is 1.33 bits per heavy atom. The summed E-state index contributed by atoms with van der Waals surface area (Å²) >= 11 is 3.51. The number of rotatable bonds is 3. The minimum atomic E-state index is 0.680. The van der Waals surface area contributed by atoms with Crippen molar-refractivity contribution in [1.82, 2.24) is 4.98 Å². The van der Waals surface area contributed by atoms with Gasteiger partial charge in [-0.1, -0.05) is 35.0 Å². The van der Waals surface area contributed by atoms with E-state index in [0.717, 1.165) is 17.3 Å². The standard InChI is InChI=1S/C13H14BrN/c1-10(9-14)7-11-4-5-13-12(8-11)3-2-6-15-13/h2-6,8,10H,7,9H2,1H3. The van der Waals surface area contributed by atoms with Gasteiger partial charge < -0.3 is 0 Å². The molecule has 1 aromatic carbocycles. The van der Waals surface area contributed by atoms with E-state index in [-0.39, 0.29) is 0 Å². The Hall–Kier alpha value is -0.890. The molecule has 2 rings (SSSR count). The molecule has 0 spiro atoms. The van der Waals surface area contributed by atoms with E-state index in [1.54, 1.807) is 0 Å². The summed E-state index contributed by atoms with van der Waals surface area (Å²) < 4.78 is 0. The predicted molar refractivity (Wildman–Crippen MR) is 68.4 cm³/mol. The van der Waals surface area contributed by atoms with Crippen molar-refractivity contribution in [2.45, 2.75) is 13.3 Å². The first-order valence-electron chi connectivity index (χ1n) is 5.19. The number of nitrogens with zero attached hydrogens (tertiary/aromatic N) is 1. The molecule has 78 valence electrons. The highest BCUT2D eigenvalue weighted by Gasteiger charge is 2.02. The zero-order valence-corrected chi connectivity index (χ0v) is 10.4. The smallest absolute Gasteiger partial charge is 0.0702 e. The molecule has 2 heteroatoms. The first-order chi connectivity index (χ1) is 7.29. The van der Waals surface area contributed by atoms with E-state index in [4.69, 9.17) is 0 Å². The third-order valence-electron chi connectivity index (χ3n) is 2.51. The lowest BCUT2D eigenvalue weighted by molar-refractivity contribution is 0.664. The van der Waals surface area contributed by atoms with Crippen LogP contribution in [0.25, 0.3) is 10.9 Å². The van der Waals surface area contributed by atoms with Gasteiger partial charge in [-0.15, -0.1) is 0 Å². The molecule has 2 aromatic rings. The first kappa shape index (κ1) is 10.6. The van der Waals surface area contributed by atoms with Crippen molar-refractivity contribution >= 4 is 26.8 Å². The largest absolute Gasteiger partial charge is 0.256 e. The number of alkyl halides is 1. The molecule has 0 fully saturated rings. The average Bonchev–Trinajstić information content (AvgIpc) is 2.29. The third-order valence-corrected chi connectivity index (χ3v) is 3.62. The van der Waals surface area contributed by atoms with Crippen LogP contribution in [-0.2, 0) is 6.42 Å². The molecular weight excluding hydrogens is 250 g/mol. The third kappa shape index (κ3) is 2.57. The zero-order chi connectivity index (χ0) is 10.7. The van der Waals surface area contributed by atoms with Gasteiger partial charge in [0, 0.05) is 16.9 Å². The maximum Gasteiger partial charge on any atom is 0.0702 e. The minimum absolute atomic E-state index is 0.680. The van der Waals surface area contributed by atoms with Crippen LogP contribution in [0.4, 0.5) is 0 Å². The Morgan fingerprint density at radius 2 is 2.20 bits per heavy atom. The highest BCUT2D eigenvalue weighted by molar-refractivity contribution is 9.09. The summed E-state index contributed by atoms with van der Waals surface area (Å²) in [6.45, 7) is 2.25. The molecule has 0 aliphatic rings. The number of benzene rings is 1. The lowest BCUT2D eigenvalue weighted by Crippen LogP contribution is -2.00. The number of halogens is 1. The number of hydrogen-bond donors (Lipinski definition) is 0. The summed E-state index contributed by atoms with van der Waals surface area (Å²) in [5, 5.41) is 2.29. The van der Waals surface area contributed by atoms with Gasteiger partial charge in [0.25, 0.3) is 0 Å². The van der Waals surface area contributed by atoms with Gasteiger partial charge in [-0.3, -0.25) is 4.98 Å². The second-order valence-corrected chi connectivity index (χ2v) is 4.64. The monoisotopic (exact) mass is 263 g/mol. The average molecular weight is 264 g/mol. The Morgan fingerprint density at radius 3 is 3.00 bits per heavy atom. The molecule has 15 heavy (non-hydrogen) atoms. The fraction of sp³-hybridized carbons (Fsp3) is 0.308. The van der Waals surface area contributed by atoms with Crippen molar-refractivity contribution in [2.75, 3.05) is 5.33 Å². The SMILES string of the molecule is CC(CBr)Cc1ccc2ncccc2c1. The molecule has 0 amide bonds. The highest BCUT2D eigenvalue weighted by atomic mass is 79.9. The second-order valence-electron chi connectivity index (χ2n) is 3.99. The quantitative estimate of drug-likeness (QED) is 0.768. The molecular formula is C13H14BrN. The van der Waals surface area contributed by atoms with Gasteiger partial charge in [0.15, 0.2) is 0 Å². The van der Waals surface area contributed by atoms with E-state index in [1.165, 1.54) is 10.9 Å². The topological polar surface area (TPSA) is 12.9 Å². The van der Waals surface area contributed by atoms with Crippen molar-refractivity contribution < 1.29 is 0 Å². The Bertz CT molecular complexity index is 453. The first-order valence-corrected chi connectivity index (χ1v) is 6.31. The van der Waals surface area contributed by atoms with Gasteiger partial charge in [-0.05, 0) is 36.1 Å². The lowest BCUT2D eigenvalue weighted by Gasteiger charge is -2.08. The highest BCUT2D eigenvalue weighted by Crippen LogP contribution is 2.16. The summed E-state index contributed by atoms with van der Waals surface area (Å²) in [4.78, 5) is 4.31. The van der Waals surface area contributed by atoms with Crippen molar-refractivity contribution in [3.8, 4) is 0 Å². The maximum absolute atomic E-state index is 4.31. The molecule has 1 unspecified atom stereocenters. The van der Waals surface area contributed by atoms with Crippen LogP contribution < -0.4 is 0 Å². The maximum atomic E-state index is 4.31. The Balaban J connectivity index is 2.30. The molecule has 0 bridgehead atoms. The van der Waals surface area contributed by atoms with E-state index in [1.807, 2.05) is 12.3 Å². The van der Waals surface area contributed by atoms with E-state index in [0.29, 0.717) is 5.92 Å². The van der Waals surface area contributed by atoms with Crippen molar-refractivity contribution in [2.24, 2.45) is 5.92 Å². The lowest BCUT2D eigenvalue weighted by atomic mass is 10.0. The molecule has 0 aliphatic heterocycles. The summed E-state index contributed by atoms with van der Waals surface area (Å²) in [5.74, 6) is 0.680. The van der Waals surface area contributed by atoms with Crippen LogP contribution in [0.3, 0.4) is 0 Å². The van der Waals surface area contributed by atoms with Gasteiger partial charge in [-0.25, -0.2) is 0 Å². The summed E-state index contributed by atoms with van der Waals surface area (Å²) in [6.07, 6.45) is 2.96. The molecule has 0 saturated heterocycles. The second kappa shape index (κ2) is 4.75. The molecule has 0 aliphatic carbocycles. The van der Waals surface area contributed by atoms with Gasteiger partial charge in [-0.2, -0.15) is 0 Å². The van der Waals surface area contributed by atoms with Gasteiger partial charge >= 0.3 is 0 Å². The van der Waals surface area contributed by atoms with Crippen LogP contribution in [0.1, 0.15) is 12.5 Å². The van der Waals surface area contributed by atoms with Crippen LogP contribution in [0.15, 0.2) is 36.5 Å². The number of fused-ring (bicyclic) bond motifs is 1. The van der Waals surface area contributed by atoms with E-state index in [2.05, 4.69) is 52.1 Å². The molecule has 1 aromatic heterocycles. The van der Waals surface area contributed by atoms with Crippen molar-refractivity contribution in [3.05, 3.63) is 42.1 Å². The molecule has 0 N–H and O–H groups in total. The van der Waals surface area contributed by atoms with E-state index >= 15 is 0 Å². The van der Waals surface area contributed by atoms with Crippen LogP contribution in [0, 0.1) is 5.92 Å². The zero-order valence-electron chi connectivity index (χ0n) is 8.78. The summed E-state index contributed by atoms with van der Waals surface area (Å²) in [7, 11) is 0. The number of pyridine rings is 1. The van der Waals surface area contributed by atoms with Crippen molar-refractivity contribution in [1.29, 1.82) is 0 Å². The van der Waals surface area contributed by atoms with E-state index < -0.39 is 0 Å². The number of hydrogen-bond acceptors (Lipinski definition) is 1. The molecule has 1 atom stereocenters. The summed E-state index contributed by atoms with van der Waals surface area (Å²) in [6, 6.07) is 10.6. The predicted octanol–water partition coefficient (Wildman–Crippen LogP) is 3.81. The molecule has 1 nitrogen and oxygen atoms in total. The van der Waals surface area contributed by atoms with Crippen LogP contribution >= 0.6 is 15.9 Å². The van der Waals surface area contributed by atoms with Crippen LogP contribution in [0.2, 0.25) is 0 Å². The molecule has 1 heterocycles. The fourth-order valence-electron chi connectivity index (χ4n) is 1.71. The van der Waals surface area contributed by atoms with Gasteiger partial charge in [0.05, 0.1) is 5.52 Å². The fourth-order valence-corrected chi connectivity index (χ4v) is 1.94. The minimum Gasteiger partial charge on any atom is -0.256 e.